The Hall–Kier alpha value is -3.52. The van der Waals surface area contributed by atoms with E-state index >= 15 is 0 Å². The molecule has 1 saturated carbocycles. The number of ether oxygens (including phenoxy) is 1. The minimum absolute atomic E-state index is 0.0963. The van der Waals surface area contributed by atoms with Crippen LogP contribution in [0.15, 0.2) is 53.6 Å². The maximum Gasteiger partial charge on any atom is 0.282 e. The third-order valence-electron chi connectivity index (χ3n) is 7.98. The number of rotatable bonds is 7. The number of pyridine rings is 1. The van der Waals surface area contributed by atoms with Crippen LogP contribution in [0, 0.1) is 18.8 Å². The van der Waals surface area contributed by atoms with Gasteiger partial charge < -0.3 is 9.64 Å². The highest BCUT2D eigenvalue weighted by Crippen LogP contribution is 2.30. The maximum absolute atomic E-state index is 14.0. The Balaban J connectivity index is 1.40. The molecule has 3 aromatic heterocycles. The highest BCUT2D eigenvalue weighted by Gasteiger charge is 2.27. The number of aromatic nitrogens is 5. The van der Waals surface area contributed by atoms with Crippen LogP contribution in [0.3, 0.4) is 0 Å². The Morgan fingerprint density at radius 1 is 1.05 bits per heavy atom. The number of piperidine rings is 1. The number of aryl methyl sites for hydroxylation is 1. The van der Waals surface area contributed by atoms with Gasteiger partial charge in [-0.05, 0) is 75.3 Å². The molecule has 1 aromatic carbocycles. The van der Waals surface area contributed by atoms with Crippen LogP contribution in [0.1, 0.15) is 37.8 Å². The Bertz CT molecular complexity index is 1470. The summed E-state index contributed by atoms with van der Waals surface area (Å²) in [5.74, 6) is 2.66. The van der Waals surface area contributed by atoms with E-state index in [1.165, 1.54) is 38.8 Å². The second kappa shape index (κ2) is 10.1. The van der Waals surface area contributed by atoms with Crippen molar-refractivity contribution < 1.29 is 4.74 Å². The van der Waals surface area contributed by atoms with Gasteiger partial charge in [0.2, 0.25) is 0 Å². The summed E-state index contributed by atoms with van der Waals surface area (Å²) < 4.78 is 8.95. The predicted octanol–water partition coefficient (Wildman–Crippen LogP) is 4.47. The summed E-state index contributed by atoms with van der Waals surface area (Å²) in [4.78, 5) is 26.1. The average molecular weight is 499 g/mol. The van der Waals surface area contributed by atoms with Crippen LogP contribution in [0.4, 0.5) is 0 Å². The first-order valence-corrected chi connectivity index (χ1v) is 13.4. The quantitative estimate of drug-likeness (QED) is 0.374. The van der Waals surface area contributed by atoms with E-state index in [1.807, 2.05) is 54.1 Å². The van der Waals surface area contributed by atoms with Gasteiger partial charge in [-0.1, -0.05) is 12.5 Å². The Kier molecular flexibility index (Phi) is 6.50. The van der Waals surface area contributed by atoms with Crippen molar-refractivity contribution in [3.63, 3.8) is 0 Å². The average Bonchev–Trinajstić information content (AvgIpc) is 3.33. The third-order valence-corrected chi connectivity index (χ3v) is 7.98. The minimum atomic E-state index is -0.0963. The van der Waals surface area contributed by atoms with E-state index in [9.17, 15) is 4.79 Å². The zero-order valence-electron chi connectivity index (χ0n) is 21.6. The first-order valence-electron chi connectivity index (χ1n) is 13.4. The second-order valence-corrected chi connectivity index (χ2v) is 10.6. The van der Waals surface area contributed by atoms with Gasteiger partial charge >= 0.3 is 0 Å². The van der Waals surface area contributed by atoms with Crippen LogP contribution in [-0.4, -0.2) is 56.0 Å². The molecule has 1 aliphatic heterocycles. The van der Waals surface area contributed by atoms with Gasteiger partial charge in [0.25, 0.3) is 5.56 Å². The van der Waals surface area contributed by atoms with Crippen molar-refractivity contribution >= 4 is 11.0 Å². The van der Waals surface area contributed by atoms with Crippen molar-refractivity contribution in [1.29, 1.82) is 0 Å². The molecule has 1 saturated heterocycles. The van der Waals surface area contributed by atoms with Crippen molar-refractivity contribution in [3.05, 3.63) is 64.8 Å². The van der Waals surface area contributed by atoms with Gasteiger partial charge in [0.15, 0.2) is 5.52 Å². The van der Waals surface area contributed by atoms with Gasteiger partial charge in [-0.3, -0.25) is 14.3 Å². The summed E-state index contributed by atoms with van der Waals surface area (Å²) in [6.07, 6.45) is 10.00. The monoisotopic (exact) mass is 498 g/mol. The van der Waals surface area contributed by atoms with Crippen molar-refractivity contribution in [2.45, 2.75) is 45.6 Å². The molecule has 192 valence electrons. The molecule has 6 rings (SSSR count). The number of methoxy groups -OCH3 is 1. The van der Waals surface area contributed by atoms with Crippen LogP contribution >= 0.6 is 0 Å². The predicted molar refractivity (Wildman–Crippen MR) is 144 cm³/mol. The Morgan fingerprint density at radius 2 is 1.92 bits per heavy atom. The van der Waals surface area contributed by atoms with Crippen LogP contribution in [-0.2, 0) is 6.54 Å². The van der Waals surface area contributed by atoms with Crippen molar-refractivity contribution in [2.24, 2.45) is 11.8 Å². The molecule has 0 spiro atoms. The molecule has 8 heteroatoms. The lowest BCUT2D eigenvalue weighted by Gasteiger charge is -2.37. The summed E-state index contributed by atoms with van der Waals surface area (Å²) >= 11 is 0. The number of hydrogen-bond donors (Lipinski definition) is 0. The smallest absolute Gasteiger partial charge is 0.282 e. The third kappa shape index (κ3) is 4.78. The topological polar surface area (TPSA) is 78.1 Å². The summed E-state index contributed by atoms with van der Waals surface area (Å²) in [6.45, 7) is 6.00. The Morgan fingerprint density at radius 3 is 2.70 bits per heavy atom. The minimum Gasteiger partial charge on any atom is -0.497 e. The molecule has 2 aliphatic rings. The molecule has 0 N–H and O–H groups in total. The molecule has 37 heavy (non-hydrogen) atoms. The number of benzene rings is 1. The highest BCUT2D eigenvalue weighted by atomic mass is 16.5. The number of nitrogens with zero attached hydrogens (tertiary/aromatic N) is 6. The molecule has 1 atom stereocenters. The van der Waals surface area contributed by atoms with Crippen molar-refractivity contribution in [1.82, 2.24) is 29.2 Å². The molecule has 0 unspecified atom stereocenters. The molecule has 8 nitrogen and oxygen atoms in total. The second-order valence-electron chi connectivity index (χ2n) is 10.6. The summed E-state index contributed by atoms with van der Waals surface area (Å²) in [5.41, 5.74) is 3.44. The molecular weight excluding hydrogens is 464 g/mol. The van der Waals surface area contributed by atoms with Gasteiger partial charge in [-0.2, -0.15) is 5.10 Å². The molecule has 0 amide bonds. The zero-order valence-corrected chi connectivity index (χ0v) is 21.6. The largest absolute Gasteiger partial charge is 0.497 e. The number of likely N-dealkylation sites (tertiary alicyclic amines) is 1. The fourth-order valence-electron chi connectivity index (χ4n) is 5.74. The van der Waals surface area contributed by atoms with E-state index in [0.29, 0.717) is 29.3 Å². The van der Waals surface area contributed by atoms with E-state index in [0.717, 1.165) is 41.6 Å². The molecule has 2 fully saturated rings. The molecule has 4 aromatic rings. The SMILES string of the molecule is COc1cccc(-n2cc3nc(-c4cccnc4C)n(C[C@H]4CCCN(CC5CCC5)C4)c(=O)c3n2)c1. The van der Waals surface area contributed by atoms with Gasteiger partial charge in [-0.15, -0.1) is 0 Å². The first-order chi connectivity index (χ1) is 18.1. The van der Waals surface area contributed by atoms with Crippen LogP contribution in [0.25, 0.3) is 28.1 Å². The lowest BCUT2D eigenvalue weighted by molar-refractivity contribution is 0.117. The molecule has 4 heterocycles. The number of fused-ring (bicyclic) bond motifs is 1. The maximum atomic E-state index is 14.0. The lowest BCUT2D eigenvalue weighted by Crippen LogP contribution is -2.42. The van der Waals surface area contributed by atoms with Gasteiger partial charge in [-0.25, -0.2) is 9.67 Å². The van der Waals surface area contributed by atoms with Crippen LogP contribution < -0.4 is 10.3 Å². The molecule has 0 bridgehead atoms. The van der Waals surface area contributed by atoms with E-state index in [4.69, 9.17) is 9.72 Å². The van der Waals surface area contributed by atoms with Crippen molar-refractivity contribution in [3.8, 4) is 22.8 Å². The first kappa shape index (κ1) is 23.9. The van der Waals surface area contributed by atoms with Crippen molar-refractivity contribution in [2.75, 3.05) is 26.7 Å². The highest BCUT2D eigenvalue weighted by molar-refractivity contribution is 5.76. The normalized spacial score (nSPS) is 18.7. The Labute approximate surface area is 216 Å². The molecule has 0 radical (unpaired) electrons. The molecular formula is C29H34N6O2. The standard InChI is InChI=1S/C29H34N6O2/c1-20-25(12-5-13-30-20)28-31-26-19-35(23-10-4-11-24(15-23)37-2)32-27(26)29(36)34(28)18-22-9-6-14-33(17-22)16-21-7-3-8-21/h4-5,10-13,15,19,21-22H,3,6-9,14,16-18H2,1-2H3/t22-/m0/s1. The van der Waals surface area contributed by atoms with Gasteiger partial charge in [0.1, 0.15) is 17.1 Å². The van der Waals surface area contributed by atoms with Crippen LogP contribution in [0.2, 0.25) is 0 Å². The van der Waals surface area contributed by atoms with E-state index in [-0.39, 0.29) is 5.56 Å². The number of hydrogen-bond acceptors (Lipinski definition) is 6. The fourth-order valence-corrected chi connectivity index (χ4v) is 5.74. The molecule has 1 aliphatic carbocycles. The van der Waals surface area contributed by atoms with Gasteiger partial charge in [0.05, 0.1) is 19.0 Å². The summed E-state index contributed by atoms with van der Waals surface area (Å²) in [5, 5.41) is 4.68. The van der Waals surface area contributed by atoms with E-state index in [2.05, 4.69) is 15.0 Å². The van der Waals surface area contributed by atoms with Crippen LogP contribution in [0.5, 0.6) is 5.75 Å². The lowest BCUT2D eigenvalue weighted by atomic mass is 9.84. The van der Waals surface area contributed by atoms with E-state index < -0.39 is 0 Å². The summed E-state index contributed by atoms with van der Waals surface area (Å²) in [7, 11) is 1.64. The van der Waals surface area contributed by atoms with E-state index in [1.54, 1.807) is 18.0 Å². The fraction of sp³-hybridized carbons (Fsp3) is 0.448. The zero-order chi connectivity index (χ0) is 25.4. The summed E-state index contributed by atoms with van der Waals surface area (Å²) in [6, 6.07) is 11.5. The van der Waals surface area contributed by atoms with Gasteiger partial charge in [0, 0.05) is 43.2 Å².